The van der Waals surface area contributed by atoms with Crippen molar-refractivity contribution < 1.29 is 10.2 Å². The van der Waals surface area contributed by atoms with Crippen molar-refractivity contribution in [1.29, 1.82) is 0 Å². The zero-order valence-electron chi connectivity index (χ0n) is 14.0. The van der Waals surface area contributed by atoms with Crippen LogP contribution in [0, 0.1) is 0 Å². The van der Waals surface area contributed by atoms with Gasteiger partial charge in [0.05, 0.1) is 11.4 Å². The highest BCUT2D eigenvalue weighted by atomic mass is 16.3. The number of phenolic OH excluding ortho intramolecular Hbond substituents is 2. The first kappa shape index (κ1) is 15.9. The van der Waals surface area contributed by atoms with Crippen LogP contribution in [-0.2, 0) is 0 Å². The summed E-state index contributed by atoms with van der Waals surface area (Å²) in [7, 11) is 0. The highest BCUT2D eigenvalue weighted by Gasteiger charge is 2.12. The van der Waals surface area contributed by atoms with E-state index in [1.165, 1.54) is 0 Å². The molecule has 0 unspecified atom stereocenters. The minimum atomic E-state index is 0.174. The molecule has 0 atom stereocenters. The van der Waals surface area contributed by atoms with Gasteiger partial charge in [0, 0.05) is 11.1 Å². The third kappa shape index (κ3) is 3.03. The van der Waals surface area contributed by atoms with Gasteiger partial charge in [-0.2, -0.15) is 0 Å². The van der Waals surface area contributed by atoms with Crippen LogP contribution in [0.15, 0.2) is 91.0 Å². The summed E-state index contributed by atoms with van der Waals surface area (Å²) >= 11 is 0. The number of pyridine rings is 1. The third-order valence-corrected chi connectivity index (χ3v) is 4.29. The van der Waals surface area contributed by atoms with E-state index in [1.54, 1.807) is 24.3 Å². The molecule has 1 heterocycles. The second kappa shape index (κ2) is 6.73. The van der Waals surface area contributed by atoms with Gasteiger partial charge in [0.15, 0.2) is 0 Å². The van der Waals surface area contributed by atoms with Crippen LogP contribution in [0.3, 0.4) is 0 Å². The van der Waals surface area contributed by atoms with E-state index < -0.39 is 0 Å². The summed E-state index contributed by atoms with van der Waals surface area (Å²) in [5.74, 6) is 0.349. The van der Waals surface area contributed by atoms with Crippen molar-refractivity contribution in [2.75, 3.05) is 0 Å². The Labute approximate surface area is 151 Å². The molecule has 0 radical (unpaired) electrons. The Morgan fingerprint density at radius 2 is 0.962 bits per heavy atom. The van der Waals surface area contributed by atoms with E-state index in [4.69, 9.17) is 4.98 Å². The maximum Gasteiger partial charge on any atom is 0.124 e. The van der Waals surface area contributed by atoms with E-state index >= 15 is 0 Å². The molecule has 0 aliphatic carbocycles. The quantitative estimate of drug-likeness (QED) is 0.518. The highest BCUT2D eigenvalue weighted by molar-refractivity contribution is 5.79. The Hall–Kier alpha value is -3.59. The van der Waals surface area contributed by atoms with Crippen molar-refractivity contribution >= 4 is 0 Å². The van der Waals surface area contributed by atoms with Crippen molar-refractivity contribution in [3.8, 4) is 45.1 Å². The molecule has 3 aromatic carbocycles. The average Bonchev–Trinajstić information content (AvgIpc) is 2.69. The van der Waals surface area contributed by atoms with Crippen molar-refractivity contribution in [2.45, 2.75) is 0 Å². The van der Waals surface area contributed by atoms with Crippen molar-refractivity contribution in [2.24, 2.45) is 0 Å². The number of phenols is 2. The number of hydrogen-bond donors (Lipinski definition) is 2. The first-order valence-electron chi connectivity index (χ1n) is 8.36. The SMILES string of the molecule is Oc1ccccc1-c1cc(-c2ccccc2)cc(-c2ccccc2O)n1. The molecule has 4 rings (SSSR count). The van der Waals surface area contributed by atoms with Crippen molar-refractivity contribution in [1.82, 2.24) is 4.98 Å². The number of aromatic hydroxyl groups is 2. The lowest BCUT2D eigenvalue weighted by Gasteiger charge is -2.12. The summed E-state index contributed by atoms with van der Waals surface area (Å²) in [4.78, 5) is 4.70. The monoisotopic (exact) mass is 339 g/mol. The fourth-order valence-electron chi connectivity index (χ4n) is 2.98. The van der Waals surface area contributed by atoms with Crippen molar-refractivity contribution in [3.05, 3.63) is 91.0 Å². The topological polar surface area (TPSA) is 53.4 Å². The second-order valence-corrected chi connectivity index (χ2v) is 6.03. The van der Waals surface area contributed by atoms with E-state index in [9.17, 15) is 10.2 Å². The van der Waals surface area contributed by atoms with E-state index in [1.807, 2.05) is 66.7 Å². The highest BCUT2D eigenvalue weighted by Crippen LogP contribution is 2.35. The van der Waals surface area contributed by atoms with E-state index in [0.29, 0.717) is 22.5 Å². The summed E-state index contributed by atoms with van der Waals surface area (Å²) in [5.41, 5.74) is 4.63. The van der Waals surface area contributed by atoms with Gasteiger partial charge in [0.25, 0.3) is 0 Å². The van der Waals surface area contributed by atoms with Gasteiger partial charge in [-0.15, -0.1) is 0 Å². The molecule has 1 aromatic heterocycles. The summed E-state index contributed by atoms with van der Waals surface area (Å²) in [6.45, 7) is 0. The number of aromatic nitrogens is 1. The molecule has 4 aromatic rings. The Kier molecular flexibility index (Phi) is 4.12. The molecule has 0 saturated carbocycles. The molecule has 2 N–H and O–H groups in total. The largest absolute Gasteiger partial charge is 0.507 e. The van der Waals surface area contributed by atoms with Gasteiger partial charge in [-0.05, 0) is 47.5 Å². The number of benzene rings is 3. The van der Waals surface area contributed by atoms with Gasteiger partial charge >= 0.3 is 0 Å². The first-order valence-corrected chi connectivity index (χ1v) is 8.36. The molecule has 0 aliphatic heterocycles. The predicted octanol–water partition coefficient (Wildman–Crippen LogP) is 5.49. The lowest BCUT2D eigenvalue weighted by molar-refractivity contribution is 0.477. The predicted molar refractivity (Wildman–Crippen MR) is 104 cm³/mol. The van der Waals surface area contributed by atoms with Gasteiger partial charge in [-0.25, -0.2) is 4.98 Å². The van der Waals surface area contributed by atoms with Crippen LogP contribution >= 0.6 is 0 Å². The molecule has 26 heavy (non-hydrogen) atoms. The molecule has 3 nitrogen and oxygen atoms in total. The molecular weight excluding hydrogens is 322 g/mol. The van der Waals surface area contributed by atoms with E-state index in [-0.39, 0.29) is 11.5 Å². The molecule has 0 saturated heterocycles. The normalized spacial score (nSPS) is 10.6. The summed E-state index contributed by atoms with van der Waals surface area (Å²) in [6, 6.07) is 28.1. The van der Waals surface area contributed by atoms with Gasteiger partial charge in [0.2, 0.25) is 0 Å². The molecule has 0 aliphatic rings. The fraction of sp³-hybridized carbons (Fsp3) is 0. The Balaban J connectivity index is 1.97. The zero-order valence-corrected chi connectivity index (χ0v) is 14.0. The molecule has 126 valence electrons. The van der Waals surface area contributed by atoms with Gasteiger partial charge < -0.3 is 10.2 Å². The maximum absolute atomic E-state index is 10.3. The van der Waals surface area contributed by atoms with Crippen LogP contribution in [-0.4, -0.2) is 15.2 Å². The minimum absolute atomic E-state index is 0.174. The van der Waals surface area contributed by atoms with Crippen LogP contribution in [0.25, 0.3) is 33.6 Å². The van der Waals surface area contributed by atoms with Gasteiger partial charge in [-0.1, -0.05) is 54.6 Å². The second-order valence-electron chi connectivity index (χ2n) is 6.03. The smallest absolute Gasteiger partial charge is 0.124 e. The number of rotatable bonds is 3. The molecular formula is C23H17NO2. The van der Waals surface area contributed by atoms with Gasteiger partial charge in [0.1, 0.15) is 11.5 Å². The van der Waals surface area contributed by atoms with Crippen molar-refractivity contribution in [3.63, 3.8) is 0 Å². The van der Waals surface area contributed by atoms with Crippen LogP contribution in [0.5, 0.6) is 11.5 Å². The molecule has 0 spiro atoms. The lowest BCUT2D eigenvalue weighted by atomic mass is 9.99. The molecule has 3 heteroatoms. The standard InChI is InChI=1S/C23H17NO2/c25-22-12-6-4-10-18(22)20-14-17(16-8-2-1-3-9-16)15-21(24-20)19-11-5-7-13-23(19)26/h1-15,25-26H. The van der Waals surface area contributed by atoms with Crippen LogP contribution < -0.4 is 0 Å². The summed E-state index contributed by atoms with van der Waals surface area (Å²) in [5, 5.41) is 20.5. The lowest BCUT2D eigenvalue weighted by Crippen LogP contribution is -1.92. The fourth-order valence-corrected chi connectivity index (χ4v) is 2.98. The van der Waals surface area contributed by atoms with Gasteiger partial charge in [-0.3, -0.25) is 0 Å². The third-order valence-electron chi connectivity index (χ3n) is 4.29. The Bertz CT molecular complexity index is 995. The number of para-hydroxylation sites is 2. The molecule has 0 amide bonds. The molecule has 0 bridgehead atoms. The minimum Gasteiger partial charge on any atom is -0.507 e. The average molecular weight is 339 g/mol. The zero-order chi connectivity index (χ0) is 17.9. The van der Waals surface area contributed by atoms with Crippen LogP contribution in [0.4, 0.5) is 0 Å². The molecule has 0 fully saturated rings. The number of hydrogen-bond acceptors (Lipinski definition) is 3. The summed E-state index contributed by atoms with van der Waals surface area (Å²) < 4.78 is 0. The van der Waals surface area contributed by atoms with E-state index in [2.05, 4.69) is 0 Å². The number of nitrogens with zero attached hydrogens (tertiary/aromatic N) is 1. The first-order chi connectivity index (χ1) is 12.7. The Morgan fingerprint density at radius 3 is 1.46 bits per heavy atom. The Morgan fingerprint density at radius 1 is 0.500 bits per heavy atom. The van der Waals surface area contributed by atoms with Crippen LogP contribution in [0.2, 0.25) is 0 Å². The van der Waals surface area contributed by atoms with E-state index in [0.717, 1.165) is 11.1 Å². The maximum atomic E-state index is 10.3. The summed E-state index contributed by atoms with van der Waals surface area (Å²) in [6.07, 6.45) is 0. The van der Waals surface area contributed by atoms with Crippen LogP contribution in [0.1, 0.15) is 0 Å².